The summed E-state index contributed by atoms with van der Waals surface area (Å²) < 4.78 is 12.2. The zero-order chi connectivity index (χ0) is 20.1. The van der Waals surface area contributed by atoms with E-state index in [4.69, 9.17) is 28.2 Å². The molecule has 0 aliphatic carbocycles. The number of rotatable bonds is 7. The van der Waals surface area contributed by atoms with Crippen LogP contribution in [0.25, 0.3) is 11.6 Å². The molecule has 0 fully saturated rings. The Hall–Kier alpha value is -2.99. The summed E-state index contributed by atoms with van der Waals surface area (Å²) in [5.41, 5.74) is 11.7. The Morgan fingerprint density at radius 3 is 2.61 bits per heavy atom. The molecule has 2 heterocycles. The topological polar surface area (TPSA) is 61.8 Å². The summed E-state index contributed by atoms with van der Waals surface area (Å²) in [6.45, 7) is 2.58. The predicted molar refractivity (Wildman–Crippen MR) is 116 cm³/mol. The Balaban J connectivity index is 1.92. The summed E-state index contributed by atoms with van der Waals surface area (Å²) in [7, 11) is 9.29. The van der Waals surface area contributed by atoms with Crippen molar-refractivity contribution in [3.63, 3.8) is 0 Å². The molecule has 0 atom stereocenters. The van der Waals surface area contributed by atoms with Crippen LogP contribution in [0.3, 0.4) is 0 Å². The second-order valence-electron chi connectivity index (χ2n) is 6.48. The Morgan fingerprint density at radius 2 is 1.96 bits per heavy atom. The minimum absolute atomic E-state index is 0.531. The summed E-state index contributed by atoms with van der Waals surface area (Å²) >= 11 is 0. The largest absolute Gasteiger partial charge is 0.493 e. The molecule has 0 bridgehead atoms. The van der Waals surface area contributed by atoms with Gasteiger partial charge in [-0.1, -0.05) is 12.1 Å². The van der Waals surface area contributed by atoms with Crippen molar-refractivity contribution >= 4 is 25.3 Å². The van der Waals surface area contributed by atoms with Crippen molar-refractivity contribution in [2.75, 3.05) is 20.8 Å². The normalized spacial score (nSPS) is 15.6. The first-order valence-electron chi connectivity index (χ1n) is 9.11. The molecule has 1 aliphatic heterocycles. The lowest BCUT2D eigenvalue weighted by molar-refractivity contribution is 0.355. The summed E-state index contributed by atoms with van der Waals surface area (Å²) in [5.74, 6) is 1.40. The second kappa shape index (κ2) is 8.80. The van der Waals surface area contributed by atoms with Crippen molar-refractivity contribution in [1.82, 2.24) is 4.48 Å². The fourth-order valence-electron chi connectivity index (χ4n) is 3.23. The number of benzene rings is 1. The Bertz CT molecular complexity index is 983. The lowest BCUT2D eigenvalue weighted by Crippen LogP contribution is -2.05. The first-order chi connectivity index (χ1) is 13.6. The minimum atomic E-state index is 0.531. The van der Waals surface area contributed by atoms with E-state index in [0.29, 0.717) is 24.5 Å². The van der Waals surface area contributed by atoms with Crippen LogP contribution < -0.4 is 15.2 Å². The van der Waals surface area contributed by atoms with Crippen LogP contribution in [-0.2, 0) is 0 Å². The van der Waals surface area contributed by atoms with Crippen LogP contribution in [0.2, 0.25) is 0 Å². The molecule has 3 rings (SSSR count). The summed E-state index contributed by atoms with van der Waals surface area (Å²) in [5, 5.41) is 0. The maximum Gasteiger partial charge on any atom is 0.234 e. The summed E-state index contributed by atoms with van der Waals surface area (Å²) in [4.78, 5) is 4.81. The number of nitrogens with two attached hydrogens (primary N) is 1. The summed E-state index contributed by atoms with van der Waals surface area (Å²) in [6, 6.07) is 9.69. The highest BCUT2D eigenvalue weighted by molar-refractivity contribution is 6.11. The number of aliphatic imine (C=N–C) groups is 1. The van der Waals surface area contributed by atoms with Gasteiger partial charge in [0, 0.05) is 11.3 Å². The maximum atomic E-state index is 6.04. The zero-order valence-electron chi connectivity index (χ0n) is 16.5. The Morgan fingerprint density at radius 1 is 1.18 bits per heavy atom. The molecule has 0 amide bonds. The molecule has 0 saturated heterocycles. The number of hydrogen-bond donors (Lipinski definition) is 1. The molecule has 1 aromatic heterocycles. The van der Waals surface area contributed by atoms with Gasteiger partial charge in [-0.15, -0.1) is 0 Å². The third-order valence-corrected chi connectivity index (χ3v) is 4.60. The van der Waals surface area contributed by atoms with Gasteiger partial charge in [0.25, 0.3) is 0 Å². The molecule has 0 unspecified atom stereocenters. The van der Waals surface area contributed by atoms with Gasteiger partial charge in [-0.25, -0.2) is 4.99 Å². The number of nitrogens with zero attached hydrogens (tertiary/aromatic N) is 2. The Labute approximate surface area is 167 Å². The van der Waals surface area contributed by atoms with Crippen LogP contribution in [0.5, 0.6) is 11.5 Å². The monoisotopic (exact) mass is 373 g/mol. The van der Waals surface area contributed by atoms with Crippen molar-refractivity contribution in [3.05, 3.63) is 71.2 Å². The van der Waals surface area contributed by atoms with E-state index in [9.17, 15) is 0 Å². The number of hydrogen-bond acceptors (Lipinski definition) is 4. The van der Waals surface area contributed by atoms with E-state index >= 15 is 0 Å². The van der Waals surface area contributed by atoms with Gasteiger partial charge in [0.1, 0.15) is 0 Å². The smallest absolute Gasteiger partial charge is 0.234 e. The molecule has 0 spiro atoms. The lowest BCUT2D eigenvalue weighted by atomic mass is 10.0. The quantitative estimate of drug-likeness (QED) is 0.755. The zero-order valence-corrected chi connectivity index (χ0v) is 16.5. The van der Waals surface area contributed by atoms with Crippen molar-refractivity contribution in [3.8, 4) is 11.5 Å². The second-order valence-corrected chi connectivity index (χ2v) is 6.48. The standard InChI is InChI=1S/C22H24BN3O2/c1-15-13-17(8-6-16-7-9-20(27-2)21(14-16)28-3)25-22(15)18(10-11-24)19-5-4-12-26(19)23/h4-9,12-14H,10-11,24H2,1-3H3/b8-6+,22-18-. The molecule has 28 heavy (non-hydrogen) atoms. The van der Waals surface area contributed by atoms with E-state index in [1.54, 1.807) is 18.7 Å². The van der Waals surface area contributed by atoms with Crippen molar-refractivity contribution in [1.29, 1.82) is 0 Å². The minimum Gasteiger partial charge on any atom is -0.493 e. The van der Waals surface area contributed by atoms with E-state index in [-0.39, 0.29) is 0 Å². The molecule has 142 valence electrons. The Kier molecular flexibility index (Phi) is 6.21. The first-order valence-corrected chi connectivity index (χ1v) is 9.11. The van der Waals surface area contributed by atoms with Gasteiger partial charge in [0.15, 0.2) is 11.5 Å². The fraction of sp³-hybridized carbons (Fsp3) is 0.227. The molecule has 2 aromatic rings. The lowest BCUT2D eigenvalue weighted by Gasteiger charge is -2.11. The van der Waals surface area contributed by atoms with Crippen LogP contribution >= 0.6 is 0 Å². The molecular formula is C22H24BN3O2. The van der Waals surface area contributed by atoms with Gasteiger partial charge in [0.2, 0.25) is 7.98 Å². The molecule has 2 N–H and O–H groups in total. The van der Waals surface area contributed by atoms with Gasteiger partial charge < -0.3 is 19.7 Å². The number of methoxy groups -OCH3 is 2. The van der Waals surface area contributed by atoms with Gasteiger partial charge in [-0.05, 0) is 73.6 Å². The number of allylic oxidation sites excluding steroid dienone is 3. The van der Waals surface area contributed by atoms with Gasteiger partial charge in [-0.2, -0.15) is 0 Å². The van der Waals surface area contributed by atoms with Gasteiger partial charge in [0.05, 0.1) is 25.6 Å². The van der Waals surface area contributed by atoms with E-state index in [1.807, 2.05) is 48.7 Å². The van der Waals surface area contributed by atoms with E-state index in [2.05, 4.69) is 13.0 Å². The first kappa shape index (κ1) is 19.8. The average molecular weight is 373 g/mol. The molecule has 1 aliphatic rings. The highest BCUT2D eigenvalue weighted by Gasteiger charge is 2.17. The molecule has 6 heteroatoms. The third-order valence-electron chi connectivity index (χ3n) is 4.60. The average Bonchev–Trinajstić information content (AvgIpc) is 3.29. The highest BCUT2D eigenvalue weighted by Crippen LogP contribution is 2.31. The number of ether oxygens (including phenoxy) is 2. The molecule has 5 nitrogen and oxygen atoms in total. The predicted octanol–water partition coefficient (Wildman–Crippen LogP) is 3.61. The highest BCUT2D eigenvalue weighted by atomic mass is 16.5. The SMILES string of the molecule is [B]n1cccc1/C(CCN)=C1N=C(/C=C/c2ccc(OC)c(OC)c2)C=C\1C. The van der Waals surface area contributed by atoms with Crippen LogP contribution in [-0.4, -0.2) is 38.9 Å². The van der Waals surface area contributed by atoms with E-state index in [1.165, 1.54) is 0 Å². The van der Waals surface area contributed by atoms with Crippen molar-refractivity contribution in [2.24, 2.45) is 10.7 Å². The number of aromatic nitrogens is 1. The molecule has 0 saturated carbocycles. The third kappa shape index (κ3) is 4.12. The van der Waals surface area contributed by atoms with Gasteiger partial charge in [-0.3, -0.25) is 0 Å². The van der Waals surface area contributed by atoms with E-state index in [0.717, 1.165) is 33.8 Å². The molecule has 2 radical (unpaired) electrons. The summed E-state index contributed by atoms with van der Waals surface area (Å²) in [6.07, 6.45) is 8.58. The fourth-order valence-corrected chi connectivity index (χ4v) is 3.23. The van der Waals surface area contributed by atoms with Crippen LogP contribution in [0.4, 0.5) is 0 Å². The molecule has 1 aromatic carbocycles. The van der Waals surface area contributed by atoms with Crippen LogP contribution in [0.1, 0.15) is 24.6 Å². The van der Waals surface area contributed by atoms with Crippen LogP contribution in [0.15, 0.2) is 64.9 Å². The van der Waals surface area contributed by atoms with Crippen molar-refractivity contribution in [2.45, 2.75) is 13.3 Å². The van der Waals surface area contributed by atoms with Gasteiger partial charge >= 0.3 is 0 Å². The van der Waals surface area contributed by atoms with Crippen molar-refractivity contribution < 1.29 is 9.47 Å². The molecular weight excluding hydrogens is 349 g/mol. The van der Waals surface area contributed by atoms with E-state index < -0.39 is 0 Å². The maximum absolute atomic E-state index is 6.04. The van der Waals surface area contributed by atoms with Crippen LogP contribution in [0, 0.1) is 0 Å².